The molecule has 0 N–H and O–H groups in total. The maximum atomic E-state index is 2.25. The van der Waals surface area contributed by atoms with Crippen molar-refractivity contribution in [3.05, 3.63) is 58.7 Å². The van der Waals surface area contributed by atoms with E-state index in [9.17, 15) is 0 Å². The van der Waals surface area contributed by atoms with Gasteiger partial charge in [-0.05, 0) is 53.6 Å². The molecule has 0 nitrogen and oxygen atoms in total. The summed E-state index contributed by atoms with van der Waals surface area (Å²) in [7, 11) is 0. The van der Waals surface area contributed by atoms with Crippen LogP contribution >= 0.6 is 0 Å². The molecule has 0 unspecified atom stereocenters. The second kappa shape index (κ2) is 7.13. The van der Waals surface area contributed by atoms with Gasteiger partial charge in [-0.2, -0.15) is 0 Å². The van der Waals surface area contributed by atoms with Crippen LogP contribution in [0.5, 0.6) is 0 Å². The van der Waals surface area contributed by atoms with Gasteiger partial charge in [-0.15, -0.1) is 0 Å². The highest BCUT2D eigenvalue weighted by atomic mass is 14.2. The summed E-state index contributed by atoms with van der Waals surface area (Å²) >= 11 is 0. The normalized spacial score (nSPS) is 10.4. The Morgan fingerprint density at radius 2 is 1.32 bits per heavy atom. The topological polar surface area (TPSA) is 0 Å². The van der Waals surface area contributed by atoms with Crippen molar-refractivity contribution < 1.29 is 0 Å². The van der Waals surface area contributed by atoms with Gasteiger partial charge in [0.1, 0.15) is 0 Å². The quantitative estimate of drug-likeness (QED) is 0.466. The van der Waals surface area contributed by atoms with Crippen molar-refractivity contribution in [2.24, 2.45) is 0 Å². The second-order valence-corrected chi connectivity index (χ2v) is 4.39. The Bertz CT molecular complexity index is 536. The van der Waals surface area contributed by atoms with Crippen LogP contribution in [0.4, 0.5) is 0 Å². The summed E-state index contributed by atoms with van der Waals surface area (Å²) in [5, 5.41) is 0. The maximum Gasteiger partial charge on any atom is -0.00107 e. The summed E-state index contributed by atoms with van der Waals surface area (Å²) in [6.45, 7) is 12.4. The van der Waals surface area contributed by atoms with Crippen molar-refractivity contribution in [1.82, 2.24) is 0 Å². The molecule has 0 bridgehead atoms. The zero-order valence-electron chi connectivity index (χ0n) is 13.2. The lowest BCUT2D eigenvalue weighted by Gasteiger charge is -2.05. The third-order valence-electron chi connectivity index (χ3n) is 3.41. The van der Waals surface area contributed by atoms with Gasteiger partial charge in [0.25, 0.3) is 0 Å². The fourth-order valence-corrected chi connectivity index (χ4v) is 2.62. The predicted molar refractivity (Wildman–Crippen MR) is 86.9 cm³/mol. The molecule has 0 saturated carbocycles. The lowest BCUT2D eigenvalue weighted by Crippen LogP contribution is -1.84. The fraction of sp³-hybridized carbons (Fsp3) is 0.368. The van der Waals surface area contributed by atoms with Gasteiger partial charge in [0.05, 0.1) is 0 Å². The summed E-state index contributed by atoms with van der Waals surface area (Å²) in [4.78, 5) is 0. The van der Waals surface area contributed by atoms with Crippen molar-refractivity contribution in [2.45, 2.75) is 48.0 Å². The monoisotopic (exact) mass is 254 g/mol. The fourth-order valence-electron chi connectivity index (χ4n) is 2.62. The maximum absolute atomic E-state index is 2.25. The number of hydrogen-bond donors (Lipinski definition) is 0. The minimum atomic E-state index is 1.11. The van der Waals surface area contributed by atoms with Crippen molar-refractivity contribution in [1.29, 1.82) is 0 Å². The van der Waals surface area contributed by atoms with Gasteiger partial charge in [-0.3, -0.25) is 0 Å². The number of hydrogen-bond acceptors (Lipinski definition) is 0. The molecule has 1 aliphatic rings. The molecular weight excluding hydrogens is 228 g/mol. The highest BCUT2D eigenvalue weighted by molar-refractivity contribution is 5.80. The molecule has 0 aliphatic heterocycles. The summed E-state index contributed by atoms with van der Waals surface area (Å²) < 4.78 is 0. The van der Waals surface area contributed by atoms with Crippen LogP contribution in [0.3, 0.4) is 0 Å². The van der Waals surface area contributed by atoms with Crippen LogP contribution in [0.15, 0.2) is 36.4 Å². The van der Waals surface area contributed by atoms with Gasteiger partial charge in [0.2, 0.25) is 0 Å². The Kier molecular flexibility index (Phi) is 5.82. The van der Waals surface area contributed by atoms with Gasteiger partial charge >= 0.3 is 0 Å². The molecule has 0 fully saturated rings. The first kappa shape index (κ1) is 15.5. The number of fused-ring (bicyclic) bond motifs is 3. The van der Waals surface area contributed by atoms with Crippen LogP contribution in [-0.4, -0.2) is 0 Å². The lowest BCUT2D eigenvalue weighted by atomic mass is 9.99. The number of rotatable bonds is 0. The highest BCUT2D eigenvalue weighted by Gasteiger charge is 2.20. The second-order valence-electron chi connectivity index (χ2n) is 4.39. The van der Waals surface area contributed by atoms with Crippen LogP contribution in [0.25, 0.3) is 11.1 Å². The number of aryl methyl sites for hydroxylation is 2. The van der Waals surface area contributed by atoms with E-state index in [4.69, 9.17) is 0 Å². The van der Waals surface area contributed by atoms with Gasteiger partial charge in [0, 0.05) is 0 Å². The van der Waals surface area contributed by atoms with Crippen molar-refractivity contribution in [2.75, 3.05) is 0 Å². The summed E-state index contributed by atoms with van der Waals surface area (Å²) in [5.41, 5.74) is 8.74. The molecule has 0 radical (unpaired) electrons. The van der Waals surface area contributed by atoms with Crippen LogP contribution in [-0.2, 0) is 6.42 Å². The van der Waals surface area contributed by atoms with E-state index in [1.807, 2.05) is 27.7 Å². The van der Waals surface area contributed by atoms with Crippen LogP contribution in [0, 0.1) is 13.8 Å². The molecule has 2 aromatic carbocycles. The molecule has 0 heteroatoms. The Morgan fingerprint density at radius 1 is 0.737 bits per heavy atom. The molecule has 1 aliphatic carbocycles. The van der Waals surface area contributed by atoms with E-state index in [2.05, 4.69) is 50.2 Å². The van der Waals surface area contributed by atoms with Gasteiger partial charge in [-0.1, -0.05) is 64.1 Å². The lowest BCUT2D eigenvalue weighted by molar-refractivity contribution is 1.21. The first-order valence-corrected chi connectivity index (χ1v) is 7.45. The van der Waals surface area contributed by atoms with E-state index in [1.165, 1.54) is 33.4 Å². The third-order valence-corrected chi connectivity index (χ3v) is 3.41. The largest absolute Gasteiger partial charge is 0.0683 e. The average molecular weight is 254 g/mol. The van der Waals surface area contributed by atoms with Gasteiger partial charge in [-0.25, -0.2) is 0 Å². The van der Waals surface area contributed by atoms with Crippen molar-refractivity contribution in [3.63, 3.8) is 0 Å². The third kappa shape index (κ3) is 2.89. The first-order chi connectivity index (χ1) is 9.27. The Hall–Kier alpha value is -1.56. The molecule has 0 amide bonds. The van der Waals surface area contributed by atoms with E-state index < -0.39 is 0 Å². The van der Waals surface area contributed by atoms with Crippen LogP contribution < -0.4 is 0 Å². The summed E-state index contributed by atoms with van der Waals surface area (Å²) in [5.74, 6) is 0. The number of benzene rings is 2. The molecule has 0 spiro atoms. The highest BCUT2D eigenvalue weighted by Crippen LogP contribution is 2.39. The van der Waals surface area contributed by atoms with E-state index in [1.54, 1.807) is 0 Å². The smallest absolute Gasteiger partial charge is 0.00107 e. The Labute approximate surface area is 118 Å². The molecule has 0 atom stereocenters. The zero-order chi connectivity index (χ0) is 14.4. The first-order valence-electron chi connectivity index (χ1n) is 7.45. The zero-order valence-corrected chi connectivity index (χ0v) is 13.2. The predicted octanol–water partition coefficient (Wildman–Crippen LogP) is 5.93. The summed E-state index contributed by atoms with van der Waals surface area (Å²) in [6, 6.07) is 13.2. The molecule has 19 heavy (non-hydrogen) atoms. The molecule has 0 aromatic heterocycles. The Balaban J connectivity index is 0.000000415. The summed E-state index contributed by atoms with van der Waals surface area (Å²) in [6.07, 6.45) is 1.11. The van der Waals surface area contributed by atoms with Crippen LogP contribution in [0.2, 0.25) is 0 Å². The Morgan fingerprint density at radius 3 is 2.00 bits per heavy atom. The molecule has 102 valence electrons. The average Bonchev–Trinajstić information content (AvgIpc) is 2.85. The van der Waals surface area contributed by atoms with Crippen LogP contribution in [0.1, 0.15) is 49.9 Å². The van der Waals surface area contributed by atoms with Crippen molar-refractivity contribution in [3.8, 4) is 11.1 Å². The molecule has 0 saturated heterocycles. The van der Waals surface area contributed by atoms with Gasteiger partial charge in [0.15, 0.2) is 0 Å². The molecule has 3 rings (SSSR count). The molecular formula is C19H26. The SMILES string of the molecule is CC.CC.Cc1cccc2c1Cc1cccc(C)c1-2. The van der Waals surface area contributed by atoms with E-state index in [0.29, 0.717) is 0 Å². The van der Waals surface area contributed by atoms with E-state index in [-0.39, 0.29) is 0 Å². The molecule has 0 heterocycles. The molecule has 2 aromatic rings. The van der Waals surface area contributed by atoms with Gasteiger partial charge < -0.3 is 0 Å². The minimum absolute atomic E-state index is 1.11. The standard InChI is InChI=1S/C15H14.2C2H6/c1-10-5-4-8-13-14(10)9-12-7-3-6-11(2)15(12)13;2*1-2/h3-8H,9H2,1-2H3;2*1-2H3. The van der Waals surface area contributed by atoms with E-state index >= 15 is 0 Å². The van der Waals surface area contributed by atoms with E-state index in [0.717, 1.165) is 6.42 Å². The van der Waals surface area contributed by atoms with Crippen molar-refractivity contribution >= 4 is 0 Å². The minimum Gasteiger partial charge on any atom is -0.0683 e.